The van der Waals surface area contributed by atoms with Crippen LogP contribution in [0.15, 0.2) is 0 Å². The summed E-state index contributed by atoms with van der Waals surface area (Å²) in [4.78, 5) is 2.32. The highest BCUT2D eigenvalue weighted by molar-refractivity contribution is 4.83. The molecule has 0 amide bonds. The predicted molar refractivity (Wildman–Crippen MR) is 45.3 cm³/mol. The van der Waals surface area contributed by atoms with Crippen LogP contribution in [0, 0.1) is 5.92 Å². The van der Waals surface area contributed by atoms with Gasteiger partial charge in [0.05, 0.1) is 0 Å². The van der Waals surface area contributed by atoms with E-state index in [1.54, 1.807) is 0 Å². The maximum atomic E-state index is 8.60. The van der Waals surface area contributed by atoms with E-state index in [0.717, 1.165) is 26.1 Å². The number of nitrogens with zero attached hydrogens (tertiary/aromatic N) is 1. The molecule has 0 aromatic rings. The van der Waals surface area contributed by atoms with Gasteiger partial charge in [0.25, 0.3) is 0 Å². The SMILES string of the molecule is CC1CN(CCCO)CC1N. The largest absolute Gasteiger partial charge is 0.396 e. The first kappa shape index (κ1) is 8.97. The number of likely N-dealkylation sites (tertiary alicyclic amines) is 1. The van der Waals surface area contributed by atoms with Crippen LogP contribution in [0.1, 0.15) is 13.3 Å². The molecule has 0 aromatic heterocycles. The molecule has 0 bridgehead atoms. The zero-order valence-electron chi connectivity index (χ0n) is 7.16. The van der Waals surface area contributed by atoms with Gasteiger partial charge in [0.15, 0.2) is 0 Å². The van der Waals surface area contributed by atoms with Crippen molar-refractivity contribution in [1.82, 2.24) is 4.90 Å². The maximum absolute atomic E-state index is 8.60. The van der Waals surface area contributed by atoms with Gasteiger partial charge in [0.2, 0.25) is 0 Å². The highest BCUT2D eigenvalue weighted by Gasteiger charge is 2.25. The zero-order valence-corrected chi connectivity index (χ0v) is 7.16. The number of rotatable bonds is 3. The Bertz CT molecular complexity index is 109. The minimum Gasteiger partial charge on any atom is -0.396 e. The lowest BCUT2D eigenvalue weighted by Gasteiger charge is -2.13. The molecule has 2 unspecified atom stereocenters. The Hall–Kier alpha value is -0.120. The lowest BCUT2D eigenvalue weighted by atomic mass is 10.1. The monoisotopic (exact) mass is 158 g/mol. The van der Waals surface area contributed by atoms with E-state index in [9.17, 15) is 0 Å². The van der Waals surface area contributed by atoms with Gasteiger partial charge in [-0.3, -0.25) is 0 Å². The molecule has 66 valence electrons. The van der Waals surface area contributed by atoms with Crippen molar-refractivity contribution in [2.24, 2.45) is 11.7 Å². The van der Waals surface area contributed by atoms with Crippen LogP contribution >= 0.6 is 0 Å². The van der Waals surface area contributed by atoms with E-state index in [0.29, 0.717) is 18.6 Å². The average molecular weight is 158 g/mol. The van der Waals surface area contributed by atoms with Crippen LogP contribution in [-0.2, 0) is 0 Å². The van der Waals surface area contributed by atoms with Crippen molar-refractivity contribution < 1.29 is 5.11 Å². The van der Waals surface area contributed by atoms with Gasteiger partial charge in [-0.15, -0.1) is 0 Å². The van der Waals surface area contributed by atoms with E-state index in [1.165, 1.54) is 0 Å². The second-order valence-electron chi connectivity index (χ2n) is 3.48. The van der Waals surface area contributed by atoms with Crippen molar-refractivity contribution in [1.29, 1.82) is 0 Å². The van der Waals surface area contributed by atoms with Crippen molar-refractivity contribution >= 4 is 0 Å². The molecule has 0 aliphatic carbocycles. The van der Waals surface area contributed by atoms with E-state index < -0.39 is 0 Å². The van der Waals surface area contributed by atoms with Crippen LogP contribution in [-0.4, -0.2) is 42.3 Å². The van der Waals surface area contributed by atoms with E-state index in [4.69, 9.17) is 10.8 Å². The summed E-state index contributed by atoms with van der Waals surface area (Å²) in [6.45, 7) is 5.57. The fourth-order valence-electron chi connectivity index (χ4n) is 1.57. The number of hydrogen-bond acceptors (Lipinski definition) is 3. The Labute approximate surface area is 68.2 Å². The fraction of sp³-hybridized carbons (Fsp3) is 1.00. The average Bonchev–Trinajstić information content (AvgIpc) is 2.28. The van der Waals surface area contributed by atoms with Gasteiger partial charge >= 0.3 is 0 Å². The van der Waals surface area contributed by atoms with E-state index in [2.05, 4.69) is 11.8 Å². The van der Waals surface area contributed by atoms with Crippen molar-refractivity contribution in [2.75, 3.05) is 26.2 Å². The second kappa shape index (κ2) is 4.04. The first-order chi connectivity index (χ1) is 5.24. The van der Waals surface area contributed by atoms with Gasteiger partial charge in [-0.25, -0.2) is 0 Å². The molecule has 1 rings (SSSR count). The first-order valence-electron chi connectivity index (χ1n) is 4.33. The van der Waals surface area contributed by atoms with Gasteiger partial charge in [-0.2, -0.15) is 0 Å². The summed E-state index contributed by atoms with van der Waals surface area (Å²) >= 11 is 0. The number of aliphatic hydroxyl groups excluding tert-OH is 1. The van der Waals surface area contributed by atoms with Crippen molar-refractivity contribution in [3.63, 3.8) is 0 Å². The number of aliphatic hydroxyl groups is 1. The molecule has 11 heavy (non-hydrogen) atoms. The third kappa shape index (κ3) is 2.43. The lowest BCUT2D eigenvalue weighted by molar-refractivity contribution is 0.244. The molecule has 1 fully saturated rings. The number of nitrogens with two attached hydrogens (primary N) is 1. The van der Waals surface area contributed by atoms with Gasteiger partial charge in [-0.1, -0.05) is 6.92 Å². The Morgan fingerprint density at radius 1 is 1.55 bits per heavy atom. The summed E-state index contributed by atoms with van der Waals surface area (Å²) in [5, 5.41) is 8.60. The standard InChI is InChI=1S/C8H18N2O/c1-7-5-10(3-2-4-11)6-8(7)9/h7-8,11H,2-6,9H2,1H3. The summed E-state index contributed by atoms with van der Waals surface area (Å²) in [5.41, 5.74) is 5.84. The highest BCUT2D eigenvalue weighted by atomic mass is 16.3. The zero-order chi connectivity index (χ0) is 8.27. The van der Waals surface area contributed by atoms with Crippen LogP contribution in [0.5, 0.6) is 0 Å². The summed E-state index contributed by atoms with van der Waals surface area (Å²) in [6, 6.07) is 0.341. The molecule has 2 atom stereocenters. The van der Waals surface area contributed by atoms with Crippen LogP contribution in [0.3, 0.4) is 0 Å². The Balaban J connectivity index is 2.18. The van der Waals surface area contributed by atoms with Gasteiger partial charge < -0.3 is 15.7 Å². The molecule has 0 aromatic carbocycles. The first-order valence-corrected chi connectivity index (χ1v) is 4.33. The molecule has 0 spiro atoms. The minimum atomic E-state index is 0.292. The molecule has 3 nitrogen and oxygen atoms in total. The highest BCUT2D eigenvalue weighted by Crippen LogP contribution is 2.13. The summed E-state index contributed by atoms with van der Waals surface area (Å²) in [7, 11) is 0. The molecule has 0 radical (unpaired) electrons. The lowest BCUT2D eigenvalue weighted by Crippen LogP contribution is -2.29. The van der Waals surface area contributed by atoms with E-state index in [1.807, 2.05) is 0 Å². The summed E-state index contributed by atoms with van der Waals surface area (Å²) in [6.07, 6.45) is 0.874. The fourth-order valence-corrected chi connectivity index (χ4v) is 1.57. The maximum Gasteiger partial charge on any atom is 0.0443 e. The molecule has 3 heteroatoms. The smallest absolute Gasteiger partial charge is 0.0443 e. The van der Waals surface area contributed by atoms with Crippen molar-refractivity contribution in [3.8, 4) is 0 Å². The molecule has 3 N–H and O–H groups in total. The van der Waals surface area contributed by atoms with E-state index in [-0.39, 0.29) is 0 Å². The van der Waals surface area contributed by atoms with Crippen molar-refractivity contribution in [3.05, 3.63) is 0 Å². The molecular formula is C8H18N2O. The normalized spacial score (nSPS) is 33.0. The number of hydrogen-bond donors (Lipinski definition) is 2. The molecule has 1 heterocycles. The van der Waals surface area contributed by atoms with Gasteiger partial charge in [-0.05, 0) is 12.3 Å². The second-order valence-corrected chi connectivity index (χ2v) is 3.48. The molecule has 0 saturated carbocycles. The predicted octanol–water partition coefficient (Wildman–Crippen LogP) is -0.352. The summed E-state index contributed by atoms with van der Waals surface area (Å²) < 4.78 is 0. The third-order valence-electron chi connectivity index (χ3n) is 2.38. The minimum absolute atomic E-state index is 0.292. The topological polar surface area (TPSA) is 49.5 Å². The Kier molecular flexibility index (Phi) is 3.30. The van der Waals surface area contributed by atoms with Gasteiger partial charge in [0, 0.05) is 32.3 Å². The van der Waals surface area contributed by atoms with Crippen LogP contribution in [0.2, 0.25) is 0 Å². The molecule has 1 aliphatic heterocycles. The Morgan fingerprint density at radius 3 is 2.73 bits per heavy atom. The molecular weight excluding hydrogens is 140 g/mol. The Morgan fingerprint density at radius 2 is 2.27 bits per heavy atom. The molecule has 1 aliphatic rings. The van der Waals surface area contributed by atoms with Crippen molar-refractivity contribution in [2.45, 2.75) is 19.4 Å². The summed E-state index contributed by atoms with van der Waals surface area (Å²) in [5.74, 6) is 0.619. The molecule has 1 saturated heterocycles. The van der Waals surface area contributed by atoms with Crippen LogP contribution in [0.25, 0.3) is 0 Å². The third-order valence-corrected chi connectivity index (χ3v) is 2.38. The van der Waals surface area contributed by atoms with Gasteiger partial charge in [0.1, 0.15) is 0 Å². The van der Waals surface area contributed by atoms with E-state index >= 15 is 0 Å². The quantitative estimate of drug-likeness (QED) is 0.590. The van der Waals surface area contributed by atoms with Crippen LogP contribution < -0.4 is 5.73 Å². The van der Waals surface area contributed by atoms with Crippen LogP contribution in [0.4, 0.5) is 0 Å².